The summed E-state index contributed by atoms with van der Waals surface area (Å²) in [7, 11) is 0. The Bertz CT molecular complexity index is 570. The van der Waals surface area contributed by atoms with Crippen molar-refractivity contribution in [2.45, 2.75) is 31.4 Å². The number of ether oxygens (including phenoxy) is 3. The molecule has 0 unspecified atom stereocenters. The van der Waals surface area contributed by atoms with E-state index in [1.165, 1.54) is 0 Å². The van der Waals surface area contributed by atoms with Gasteiger partial charge in [0.15, 0.2) is 11.5 Å². The first kappa shape index (κ1) is 15.9. The summed E-state index contributed by atoms with van der Waals surface area (Å²) in [5, 5.41) is 16.2. The molecule has 1 aromatic rings. The van der Waals surface area contributed by atoms with Crippen molar-refractivity contribution in [2.75, 3.05) is 26.6 Å². The summed E-state index contributed by atoms with van der Waals surface area (Å²) in [5.74, 6) is 1.27. The zero-order valence-corrected chi connectivity index (χ0v) is 13.1. The summed E-state index contributed by atoms with van der Waals surface area (Å²) in [6.07, 6.45) is 1.62. The van der Waals surface area contributed by atoms with Crippen molar-refractivity contribution in [3.63, 3.8) is 0 Å². The summed E-state index contributed by atoms with van der Waals surface area (Å²) in [4.78, 5) is 12.0. The molecule has 0 radical (unpaired) electrons. The van der Waals surface area contributed by atoms with E-state index in [9.17, 15) is 9.90 Å². The van der Waals surface area contributed by atoms with Gasteiger partial charge < -0.3 is 30.0 Å². The summed E-state index contributed by atoms with van der Waals surface area (Å²) in [6.45, 7) is 3.27. The van der Waals surface area contributed by atoms with Crippen LogP contribution in [0.3, 0.4) is 0 Å². The normalized spacial score (nSPS) is 19.9. The number of benzene rings is 1. The first-order chi connectivity index (χ1) is 11.0. The van der Waals surface area contributed by atoms with Gasteiger partial charge in [-0.1, -0.05) is 6.07 Å². The van der Waals surface area contributed by atoms with Crippen LogP contribution in [0.15, 0.2) is 18.2 Å². The summed E-state index contributed by atoms with van der Waals surface area (Å²) in [6, 6.07) is 5.11. The minimum atomic E-state index is -1.20. The van der Waals surface area contributed by atoms with Gasteiger partial charge in [-0.3, -0.25) is 0 Å². The lowest BCUT2D eigenvalue weighted by molar-refractivity contribution is 0.0577. The largest absolute Gasteiger partial charge is 0.454 e. The first-order valence-corrected chi connectivity index (χ1v) is 7.79. The SMILES string of the molecule is C[C@@](O)(CNC(=O)NC1CCOCC1)c1ccc2c(c1)OCO2. The Morgan fingerprint density at radius 2 is 2.04 bits per heavy atom. The molecule has 0 bridgehead atoms. The molecule has 1 saturated heterocycles. The van der Waals surface area contributed by atoms with Crippen LogP contribution in [0.4, 0.5) is 4.79 Å². The summed E-state index contributed by atoms with van der Waals surface area (Å²) >= 11 is 0. The van der Waals surface area contributed by atoms with E-state index in [1.54, 1.807) is 25.1 Å². The van der Waals surface area contributed by atoms with Crippen LogP contribution in [0.1, 0.15) is 25.3 Å². The van der Waals surface area contributed by atoms with E-state index in [-0.39, 0.29) is 25.4 Å². The van der Waals surface area contributed by atoms with E-state index < -0.39 is 5.60 Å². The van der Waals surface area contributed by atoms with Gasteiger partial charge in [-0.15, -0.1) is 0 Å². The van der Waals surface area contributed by atoms with E-state index in [0.29, 0.717) is 30.3 Å². The second-order valence-electron chi connectivity index (χ2n) is 6.06. The molecule has 126 valence electrons. The van der Waals surface area contributed by atoms with Crippen molar-refractivity contribution in [2.24, 2.45) is 0 Å². The summed E-state index contributed by atoms with van der Waals surface area (Å²) < 4.78 is 15.8. The van der Waals surface area contributed by atoms with Crippen LogP contribution < -0.4 is 20.1 Å². The van der Waals surface area contributed by atoms with Crippen LogP contribution in [-0.4, -0.2) is 43.7 Å². The maximum absolute atomic E-state index is 12.0. The lowest BCUT2D eigenvalue weighted by Gasteiger charge is -2.27. The fourth-order valence-corrected chi connectivity index (χ4v) is 2.66. The van der Waals surface area contributed by atoms with Gasteiger partial charge in [0.05, 0.1) is 6.54 Å². The highest BCUT2D eigenvalue weighted by atomic mass is 16.7. The number of urea groups is 1. The Labute approximate surface area is 134 Å². The van der Waals surface area contributed by atoms with E-state index in [1.807, 2.05) is 0 Å². The van der Waals surface area contributed by atoms with Crippen LogP contribution in [0.25, 0.3) is 0 Å². The number of hydrogen-bond donors (Lipinski definition) is 3. The van der Waals surface area contributed by atoms with Crippen molar-refractivity contribution in [3.05, 3.63) is 23.8 Å². The standard InChI is InChI=1S/C16H22N2O5/c1-16(20,11-2-3-13-14(8-11)23-10-22-13)9-17-15(19)18-12-4-6-21-7-5-12/h2-3,8,12,20H,4-7,9-10H2,1H3,(H2,17,18,19)/t16-/m1/s1. The average molecular weight is 322 g/mol. The van der Waals surface area contributed by atoms with Gasteiger partial charge in [-0.05, 0) is 37.5 Å². The molecule has 2 aliphatic rings. The highest BCUT2D eigenvalue weighted by Gasteiger charge is 2.27. The maximum atomic E-state index is 12.0. The van der Waals surface area contributed by atoms with Crippen LogP contribution >= 0.6 is 0 Å². The van der Waals surface area contributed by atoms with E-state index >= 15 is 0 Å². The molecule has 1 atom stereocenters. The second-order valence-corrected chi connectivity index (χ2v) is 6.06. The topological polar surface area (TPSA) is 89.1 Å². The lowest BCUT2D eigenvalue weighted by Crippen LogP contribution is -2.48. The average Bonchev–Trinajstić information content (AvgIpc) is 3.02. The molecule has 7 heteroatoms. The van der Waals surface area contributed by atoms with Crippen LogP contribution in [0.2, 0.25) is 0 Å². The predicted molar refractivity (Wildman–Crippen MR) is 82.5 cm³/mol. The lowest BCUT2D eigenvalue weighted by atomic mass is 9.95. The van der Waals surface area contributed by atoms with Crippen molar-refractivity contribution in [3.8, 4) is 11.5 Å². The minimum absolute atomic E-state index is 0.0989. The molecule has 1 aromatic carbocycles. The van der Waals surface area contributed by atoms with Crippen molar-refractivity contribution in [1.82, 2.24) is 10.6 Å². The Morgan fingerprint density at radius 3 is 2.83 bits per heavy atom. The van der Waals surface area contributed by atoms with Gasteiger partial charge in [-0.25, -0.2) is 4.79 Å². The van der Waals surface area contributed by atoms with E-state index in [2.05, 4.69) is 10.6 Å². The summed E-state index contributed by atoms with van der Waals surface area (Å²) in [5.41, 5.74) is -0.540. The molecule has 1 fully saturated rings. The van der Waals surface area contributed by atoms with Gasteiger partial charge >= 0.3 is 6.03 Å². The zero-order chi connectivity index (χ0) is 16.3. The second kappa shape index (κ2) is 6.64. The molecule has 3 rings (SSSR count). The molecule has 2 heterocycles. The van der Waals surface area contributed by atoms with E-state index in [0.717, 1.165) is 12.8 Å². The Kier molecular flexibility index (Phi) is 4.58. The van der Waals surface area contributed by atoms with Crippen LogP contribution in [0.5, 0.6) is 11.5 Å². The fraction of sp³-hybridized carbons (Fsp3) is 0.562. The predicted octanol–water partition coefficient (Wildman–Crippen LogP) is 1.10. The quantitative estimate of drug-likeness (QED) is 0.772. The van der Waals surface area contributed by atoms with Crippen LogP contribution in [-0.2, 0) is 10.3 Å². The number of carbonyl (C=O) groups is 1. The number of nitrogens with one attached hydrogen (secondary N) is 2. The third kappa shape index (κ3) is 3.86. The molecule has 2 amide bonds. The Hall–Kier alpha value is -1.99. The maximum Gasteiger partial charge on any atom is 0.315 e. The molecule has 0 saturated carbocycles. The molecular formula is C16H22N2O5. The monoisotopic (exact) mass is 322 g/mol. The molecule has 0 spiro atoms. The van der Waals surface area contributed by atoms with Gasteiger partial charge in [0.2, 0.25) is 6.79 Å². The van der Waals surface area contributed by atoms with Crippen LogP contribution in [0, 0.1) is 0 Å². The number of amides is 2. The first-order valence-electron chi connectivity index (χ1n) is 7.79. The van der Waals surface area contributed by atoms with Gasteiger partial charge in [0.1, 0.15) is 5.60 Å². The molecule has 2 aliphatic heterocycles. The zero-order valence-electron chi connectivity index (χ0n) is 13.1. The molecular weight excluding hydrogens is 300 g/mol. The number of hydrogen-bond acceptors (Lipinski definition) is 5. The highest BCUT2D eigenvalue weighted by molar-refractivity contribution is 5.74. The minimum Gasteiger partial charge on any atom is -0.454 e. The smallest absolute Gasteiger partial charge is 0.315 e. The molecule has 3 N–H and O–H groups in total. The fourth-order valence-electron chi connectivity index (χ4n) is 2.66. The van der Waals surface area contributed by atoms with Gasteiger partial charge in [0.25, 0.3) is 0 Å². The molecule has 7 nitrogen and oxygen atoms in total. The van der Waals surface area contributed by atoms with Crippen molar-refractivity contribution in [1.29, 1.82) is 0 Å². The van der Waals surface area contributed by atoms with E-state index in [4.69, 9.17) is 14.2 Å². The Morgan fingerprint density at radius 1 is 1.30 bits per heavy atom. The number of fused-ring (bicyclic) bond motifs is 1. The molecule has 23 heavy (non-hydrogen) atoms. The number of rotatable bonds is 4. The third-order valence-electron chi connectivity index (χ3n) is 4.14. The number of aliphatic hydroxyl groups is 1. The highest BCUT2D eigenvalue weighted by Crippen LogP contribution is 2.35. The number of carbonyl (C=O) groups excluding carboxylic acids is 1. The van der Waals surface area contributed by atoms with Gasteiger partial charge in [-0.2, -0.15) is 0 Å². The van der Waals surface area contributed by atoms with Gasteiger partial charge in [0, 0.05) is 19.3 Å². The van der Waals surface area contributed by atoms with Crippen molar-refractivity contribution >= 4 is 6.03 Å². The molecule has 0 aliphatic carbocycles. The molecule has 0 aromatic heterocycles. The Balaban J connectivity index is 1.54. The third-order valence-corrected chi connectivity index (χ3v) is 4.14. The van der Waals surface area contributed by atoms with Crippen molar-refractivity contribution < 1.29 is 24.1 Å².